The Bertz CT molecular complexity index is 534. The van der Waals surface area contributed by atoms with Crippen molar-refractivity contribution in [3.8, 4) is 10.4 Å². The van der Waals surface area contributed by atoms with Gasteiger partial charge >= 0.3 is 0 Å². The van der Waals surface area contributed by atoms with Crippen molar-refractivity contribution in [3.05, 3.63) is 45.3 Å². The van der Waals surface area contributed by atoms with Crippen molar-refractivity contribution in [2.75, 3.05) is 0 Å². The molecule has 4 heteroatoms. The number of hydrogen-bond donors (Lipinski definition) is 1. The maximum Gasteiger partial charge on any atom is 0.0934 e. The molecule has 0 fully saturated rings. The Morgan fingerprint density at radius 3 is 2.50 bits per heavy atom. The van der Waals surface area contributed by atoms with Gasteiger partial charge in [0.1, 0.15) is 0 Å². The second-order valence-electron chi connectivity index (χ2n) is 4.45. The summed E-state index contributed by atoms with van der Waals surface area (Å²) in [6, 6.07) is 10.5. The highest BCUT2D eigenvalue weighted by Gasteiger charge is 2.06. The van der Waals surface area contributed by atoms with Gasteiger partial charge in [-0.2, -0.15) is 0 Å². The van der Waals surface area contributed by atoms with Crippen LogP contribution in [-0.4, -0.2) is 6.04 Å². The summed E-state index contributed by atoms with van der Waals surface area (Å²) < 4.78 is 0.798. The topological polar surface area (TPSA) is 12.0 Å². The van der Waals surface area contributed by atoms with Crippen molar-refractivity contribution in [1.82, 2.24) is 5.32 Å². The molecule has 96 valence electrons. The van der Waals surface area contributed by atoms with E-state index in [1.54, 1.807) is 11.3 Å². The number of halogens is 2. The van der Waals surface area contributed by atoms with Gasteiger partial charge in [0.25, 0.3) is 0 Å². The Labute approximate surface area is 122 Å². The average Bonchev–Trinajstić information content (AvgIpc) is 2.74. The second kappa shape index (κ2) is 6.07. The zero-order chi connectivity index (χ0) is 13.1. The van der Waals surface area contributed by atoms with Gasteiger partial charge in [-0.05, 0) is 29.3 Å². The minimum absolute atomic E-state index is 0.455. The van der Waals surface area contributed by atoms with E-state index in [2.05, 4.69) is 31.3 Å². The van der Waals surface area contributed by atoms with Crippen molar-refractivity contribution in [2.24, 2.45) is 0 Å². The van der Waals surface area contributed by atoms with Crippen LogP contribution in [0.15, 0.2) is 30.3 Å². The smallest absolute Gasteiger partial charge is 0.0934 e. The molecule has 0 unspecified atom stereocenters. The fourth-order valence-corrected chi connectivity index (χ4v) is 2.91. The first-order valence-electron chi connectivity index (χ1n) is 5.84. The molecule has 1 aromatic carbocycles. The van der Waals surface area contributed by atoms with Crippen LogP contribution >= 0.6 is 34.5 Å². The third-order valence-electron chi connectivity index (χ3n) is 2.61. The van der Waals surface area contributed by atoms with Gasteiger partial charge in [0, 0.05) is 22.5 Å². The lowest BCUT2D eigenvalue weighted by atomic mass is 10.1. The molecule has 0 saturated heterocycles. The van der Waals surface area contributed by atoms with Gasteiger partial charge in [-0.3, -0.25) is 0 Å². The molecule has 0 atom stereocenters. The molecule has 0 aliphatic carbocycles. The van der Waals surface area contributed by atoms with Gasteiger partial charge in [0.2, 0.25) is 0 Å². The van der Waals surface area contributed by atoms with Gasteiger partial charge in [0.05, 0.1) is 4.34 Å². The SMILES string of the molecule is CC(C)NCc1ccc(-c2ccc(Cl)s2)cc1Cl. The largest absolute Gasteiger partial charge is 0.310 e. The minimum Gasteiger partial charge on any atom is -0.310 e. The summed E-state index contributed by atoms with van der Waals surface area (Å²) in [7, 11) is 0. The van der Waals surface area contributed by atoms with E-state index in [0.717, 1.165) is 31.9 Å². The molecule has 0 saturated carbocycles. The first kappa shape index (κ1) is 13.9. The third kappa shape index (κ3) is 3.48. The quantitative estimate of drug-likeness (QED) is 0.816. The lowest BCUT2D eigenvalue weighted by Gasteiger charge is -2.10. The summed E-state index contributed by atoms with van der Waals surface area (Å²) in [6.45, 7) is 5.04. The Hall–Kier alpha value is -0.540. The van der Waals surface area contributed by atoms with Crippen LogP contribution in [0, 0.1) is 0 Å². The van der Waals surface area contributed by atoms with Gasteiger partial charge in [-0.25, -0.2) is 0 Å². The summed E-state index contributed by atoms with van der Waals surface area (Å²) in [5.41, 5.74) is 2.24. The van der Waals surface area contributed by atoms with E-state index in [4.69, 9.17) is 23.2 Å². The molecular weight excluding hydrogens is 285 g/mol. The zero-order valence-corrected chi connectivity index (χ0v) is 12.7. The van der Waals surface area contributed by atoms with Gasteiger partial charge in [-0.15, -0.1) is 11.3 Å². The highest BCUT2D eigenvalue weighted by molar-refractivity contribution is 7.19. The van der Waals surface area contributed by atoms with Crippen LogP contribution in [0.25, 0.3) is 10.4 Å². The molecule has 0 bridgehead atoms. The number of nitrogens with one attached hydrogen (secondary N) is 1. The van der Waals surface area contributed by atoms with E-state index >= 15 is 0 Å². The van der Waals surface area contributed by atoms with E-state index in [1.807, 2.05) is 18.2 Å². The summed E-state index contributed by atoms with van der Waals surface area (Å²) in [6.07, 6.45) is 0. The molecule has 0 aliphatic heterocycles. The molecule has 2 rings (SSSR count). The first-order valence-corrected chi connectivity index (χ1v) is 7.41. The maximum atomic E-state index is 6.30. The highest BCUT2D eigenvalue weighted by atomic mass is 35.5. The summed E-state index contributed by atoms with van der Waals surface area (Å²) >= 11 is 13.8. The van der Waals surface area contributed by atoms with E-state index in [0.29, 0.717) is 6.04 Å². The predicted octanol–water partition coefficient (Wildman–Crippen LogP) is 5.22. The Balaban J connectivity index is 2.19. The van der Waals surface area contributed by atoms with Crippen LogP contribution in [0.1, 0.15) is 19.4 Å². The molecule has 1 nitrogen and oxygen atoms in total. The monoisotopic (exact) mass is 299 g/mol. The van der Waals surface area contributed by atoms with Crippen molar-refractivity contribution in [1.29, 1.82) is 0 Å². The highest BCUT2D eigenvalue weighted by Crippen LogP contribution is 2.33. The molecule has 0 amide bonds. The standard InChI is InChI=1S/C14H15Cl2NS/c1-9(2)17-8-11-4-3-10(7-12(11)15)13-5-6-14(16)18-13/h3-7,9,17H,8H2,1-2H3. The van der Waals surface area contributed by atoms with E-state index < -0.39 is 0 Å². The van der Waals surface area contributed by atoms with Gasteiger partial charge in [0.15, 0.2) is 0 Å². The second-order valence-corrected chi connectivity index (χ2v) is 6.57. The minimum atomic E-state index is 0.455. The number of thiophene rings is 1. The summed E-state index contributed by atoms with van der Waals surface area (Å²) in [5, 5.41) is 4.16. The first-order chi connectivity index (χ1) is 8.56. The summed E-state index contributed by atoms with van der Waals surface area (Å²) in [5.74, 6) is 0. The summed E-state index contributed by atoms with van der Waals surface area (Å²) in [4.78, 5) is 1.14. The number of hydrogen-bond acceptors (Lipinski definition) is 2. The maximum absolute atomic E-state index is 6.30. The van der Waals surface area contributed by atoms with Gasteiger partial charge < -0.3 is 5.32 Å². The molecule has 1 aromatic heterocycles. The molecule has 0 radical (unpaired) electrons. The van der Waals surface area contributed by atoms with Crippen molar-refractivity contribution in [3.63, 3.8) is 0 Å². The zero-order valence-electron chi connectivity index (χ0n) is 10.3. The predicted molar refractivity (Wildman–Crippen MR) is 81.8 cm³/mol. The van der Waals surface area contributed by atoms with Crippen LogP contribution in [0.4, 0.5) is 0 Å². The molecule has 2 aromatic rings. The van der Waals surface area contributed by atoms with Crippen LogP contribution < -0.4 is 5.32 Å². The van der Waals surface area contributed by atoms with Crippen LogP contribution in [0.3, 0.4) is 0 Å². The van der Waals surface area contributed by atoms with Crippen LogP contribution in [0.5, 0.6) is 0 Å². The molecule has 1 heterocycles. The number of benzene rings is 1. The van der Waals surface area contributed by atoms with Crippen LogP contribution in [0.2, 0.25) is 9.36 Å². The Morgan fingerprint density at radius 2 is 1.94 bits per heavy atom. The average molecular weight is 300 g/mol. The Morgan fingerprint density at radius 1 is 1.17 bits per heavy atom. The van der Waals surface area contributed by atoms with Gasteiger partial charge in [-0.1, -0.05) is 49.2 Å². The van der Waals surface area contributed by atoms with E-state index in [-0.39, 0.29) is 0 Å². The fourth-order valence-electron chi connectivity index (χ4n) is 1.63. The lowest BCUT2D eigenvalue weighted by molar-refractivity contribution is 0.589. The van der Waals surface area contributed by atoms with E-state index in [1.165, 1.54) is 0 Å². The molecule has 0 spiro atoms. The Kier molecular flexibility index (Phi) is 4.68. The molecule has 1 N–H and O–H groups in total. The lowest BCUT2D eigenvalue weighted by Crippen LogP contribution is -2.21. The van der Waals surface area contributed by atoms with Crippen LogP contribution in [-0.2, 0) is 6.54 Å². The van der Waals surface area contributed by atoms with Crippen molar-refractivity contribution in [2.45, 2.75) is 26.4 Å². The van der Waals surface area contributed by atoms with Crippen molar-refractivity contribution >= 4 is 34.5 Å². The molecule has 0 aliphatic rings. The normalized spacial score (nSPS) is 11.2. The number of rotatable bonds is 4. The third-order valence-corrected chi connectivity index (χ3v) is 4.24. The fraction of sp³-hybridized carbons (Fsp3) is 0.286. The molecular formula is C14H15Cl2NS. The van der Waals surface area contributed by atoms with E-state index in [9.17, 15) is 0 Å². The molecule has 18 heavy (non-hydrogen) atoms. The van der Waals surface area contributed by atoms with Crippen molar-refractivity contribution < 1.29 is 0 Å².